The van der Waals surface area contributed by atoms with Crippen molar-refractivity contribution in [3.63, 3.8) is 0 Å². The summed E-state index contributed by atoms with van der Waals surface area (Å²) in [5, 5.41) is 0. The van der Waals surface area contributed by atoms with Crippen LogP contribution in [0.4, 0.5) is 4.39 Å². The molecule has 0 amide bonds. The number of aromatic nitrogens is 4. The molecule has 3 heterocycles. The van der Waals surface area contributed by atoms with Crippen LogP contribution in [-0.4, -0.2) is 18.5 Å². The summed E-state index contributed by atoms with van der Waals surface area (Å²) >= 11 is 1.04. The monoisotopic (exact) mass is 382 g/mol. The van der Waals surface area contributed by atoms with Crippen LogP contribution in [-0.2, 0) is 13.1 Å². The summed E-state index contributed by atoms with van der Waals surface area (Å²) in [6.45, 7) is 2.11. The zero-order chi connectivity index (χ0) is 19.0. The summed E-state index contributed by atoms with van der Waals surface area (Å²) in [6, 6.07) is 11.4. The molecule has 1 aromatic carbocycles. The molecule has 0 saturated heterocycles. The van der Waals surface area contributed by atoms with Crippen molar-refractivity contribution in [1.29, 1.82) is 0 Å². The Morgan fingerprint density at radius 3 is 2.67 bits per heavy atom. The number of halogens is 1. The van der Waals surface area contributed by atoms with Crippen LogP contribution in [0.25, 0.3) is 21.6 Å². The number of fused-ring (bicyclic) bond motifs is 1. The maximum absolute atomic E-state index is 13.6. The number of hydrogen-bond donors (Lipinski definition) is 0. The maximum Gasteiger partial charge on any atom is 0.331 e. The van der Waals surface area contributed by atoms with Gasteiger partial charge < -0.3 is 0 Å². The van der Waals surface area contributed by atoms with Gasteiger partial charge in [0, 0.05) is 12.7 Å². The molecule has 136 valence electrons. The van der Waals surface area contributed by atoms with Crippen molar-refractivity contribution in [2.45, 2.75) is 20.0 Å². The predicted octanol–water partition coefficient (Wildman–Crippen LogP) is 2.89. The summed E-state index contributed by atoms with van der Waals surface area (Å²) in [5.41, 5.74) is 1.29. The molecule has 0 saturated carbocycles. The third kappa shape index (κ3) is 2.97. The first-order valence-corrected chi connectivity index (χ1v) is 9.16. The second-order valence-corrected chi connectivity index (χ2v) is 6.75. The average molecular weight is 382 g/mol. The number of pyridine rings is 1. The lowest BCUT2D eigenvalue weighted by Crippen LogP contribution is -2.39. The Balaban J connectivity index is 2.04. The molecule has 0 aliphatic rings. The molecule has 0 radical (unpaired) electrons. The summed E-state index contributed by atoms with van der Waals surface area (Å²) in [4.78, 5) is 30.0. The molecule has 0 fully saturated rings. The van der Waals surface area contributed by atoms with Gasteiger partial charge in [0.05, 0.1) is 17.8 Å². The van der Waals surface area contributed by atoms with Crippen molar-refractivity contribution in [2.24, 2.45) is 0 Å². The molecule has 0 aliphatic carbocycles. The molecule has 0 spiro atoms. The van der Waals surface area contributed by atoms with Crippen molar-refractivity contribution >= 4 is 21.7 Å². The second-order valence-electron chi connectivity index (χ2n) is 5.97. The number of hydrogen-bond acceptors (Lipinski definition) is 5. The molecule has 6 nitrogen and oxygen atoms in total. The molecular weight excluding hydrogens is 367 g/mol. The Kier molecular flexibility index (Phi) is 4.41. The minimum absolute atomic E-state index is 0.131. The summed E-state index contributed by atoms with van der Waals surface area (Å²) in [6.07, 6.45) is 1.63. The molecular formula is C19H15FN4O2S. The highest BCUT2D eigenvalue weighted by molar-refractivity contribution is 7.13. The smallest absolute Gasteiger partial charge is 0.286 e. The largest absolute Gasteiger partial charge is 0.331 e. The summed E-state index contributed by atoms with van der Waals surface area (Å²) < 4.78 is 21.0. The lowest BCUT2D eigenvalue weighted by atomic mass is 10.2. The van der Waals surface area contributed by atoms with Crippen LogP contribution in [0.5, 0.6) is 0 Å². The van der Waals surface area contributed by atoms with Crippen LogP contribution in [0, 0.1) is 5.82 Å². The molecule has 0 unspecified atom stereocenters. The van der Waals surface area contributed by atoms with Gasteiger partial charge in [-0.25, -0.2) is 9.18 Å². The fourth-order valence-electron chi connectivity index (χ4n) is 3.04. The van der Waals surface area contributed by atoms with E-state index in [0.717, 1.165) is 11.5 Å². The predicted molar refractivity (Wildman–Crippen MR) is 103 cm³/mol. The third-order valence-corrected chi connectivity index (χ3v) is 5.12. The molecule has 3 aromatic heterocycles. The van der Waals surface area contributed by atoms with E-state index in [1.807, 2.05) is 6.07 Å². The van der Waals surface area contributed by atoms with Gasteiger partial charge in [0.2, 0.25) is 0 Å². The standard InChI is InChI=1S/C19H15FN4O2S/c1-2-23-18(25)17-16(15(22-27-17)14-8-3-4-9-21-14)24(19(23)26)11-12-6-5-7-13(20)10-12/h3-10H,2,11H2,1H3. The van der Waals surface area contributed by atoms with Crippen LogP contribution in [0.3, 0.4) is 0 Å². The Morgan fingerprint density at radius 1 is 1.11 bits per heavy atom. The van der Waals surface area contributed by atoms with Crippen molar-refractivity contribution < 1.29 is 4.39 Å². The van der Waals surface area contributed by atoms with Crippen molar-refractivity contribution in [1.82, 2.24) is 18.5 Å². The Bertz CT molecular complexity index is 1240. The number of benzene rings is 1. The zero-order valence-electron chi connectivity index (χ0n) is 14.4. The third-order valence-electron chi connectivity index (χ3n) is 4.29. The highest BCUT2D eigenvalue weighted by Gasteiger charge is 2.20. The fraction of sp³-hybridized carbons (Fsp3) is 0.158. The van der Waals surface area contributed by atoms with Crippen molar-refractivity contribution in [2.75, 3.05) is 0 Å². The van der Waals surface area contributed by atoms with E-state index in [2.05, 4.69) is 9.36 Å². The van der Waals surface area contributed by atoms with Gasteiger partial charge >= 0.3 is 5.69 Å². The van der Waals surface area contributed by atoms with E-state index in [-0.39, 0.29) is 24.5 Å². The zero-order valence-corrected chi connectivity index (χ0v) is 15.2. The van der Waals surface area contributed by atoms with E-state index in [0.29, 0.717) is 27.2 Å². The summed E-state index contributed by atoms with van der Waals surface area (Å²) in [5.74, 6) is -0.381. The van der Waals surface area contributed by atoms with E-state index in [4.69, 9.17) is 0 Å². The first-order chi connectivity index (χ1) is 13.1. The lowest BCUT2D eigenvalue weighted by molar-refractivity contribution is 0.609. The van der Waals surface area contributed by atoms with Gasteiger partial charge in [-0.3, -0.25) is 18.9 Å². The van der Waals surface area contributed by atoms with Crippen LogP contribution >= 0.6 is 11.5 Å². The minimum Gasteiger partial charge on any atom is -0.286 e. The Morgan fingerprint density at radius 2 is 1.96 bits per heavy atom. The van der Waals surface area contributed by atoms with E-state index < -0.39 is 5.69 Å². The highest BCUT2D eigenvalue weighted by atomic mass is 32.1. The SMILES string of the molecule is CCn1c(=O)c2snc(-c3ccccn3)c2n(Cc2cccc(F)c2)c1=O. The van der Waals surface area contributed by atoms with E-state index in [1.54, 1.807) is 37.4 Å². The van der Waals surface area contributed by atoms with Crippen LogP contribution in [0.15, 0.2) is 58.3 Å². The quantitative estimate of drug-likeness (QED) is 0.544. The molecule has 8 heteroatoms. The average Bonchev–Trinajstić information content (AvgIpc) is 3.12. The van der Waals surface area contributed by atoms with Gasteiger partial charge in [-0.2, -0.15) is 4.37 Å². The van der Waals surface area contributed by atoms with E-state index in [1.165, 1.54) is 21.3 Å². The highest BCUT2D eigenvalue weighted by Crippen LogP contribution is 2.27. The molecule has 27 heavy (non-hydrogen) atoms. The molecule has 0 N–H and O–H groups in total. The normalized spacial score (nSPS) is 11.2. The molecule has 0 bridgehead atoms. The second kappa shape index (κ2) is 6.88. The Hall–Kier alpha value is -3.13. The maximum atomic E-state index is 13.6. The van der Waals surface area contributed by atoms with Crippen molar-refractivity contribution in [3.8, 4) is 11.4 Å². The van der Waals surface area contributed by atoms with Crippen molar-refractivity contribution in [3.05, 3.63) is 80.9 Å². The van der Waals surface area contributed by atoms with Gasteiger partial charge in [-0.15, -0.1) is 0 Å². The van der Waals surface area contributed by atoms with Crippen LogP contribution in [0.2, 0.25) is 0 Å². The van der Waals surface area contributed by atoms with Gasteiger partial charge in [0.25, 0.3) is 5.56 Å². The van der Waals surface area contributed by atoms with Gasteiger partial charge in [-0.1, -0.05) is 18.2 Å². The van der Waals surface area contributed by atoms with E-state index in [9.17, 15) is 14.0 Å². The Labute approximate surface area is 157 Å². The molecule has 0 aliphatic heterocycles. The minimum atomic E-state index is -0.448. The molecule has 4 aromatic rings. The topological polar surface area (TPSA) is 69.8 Å². The molecule has 0 atom stereocenters. The first kappa shape index (κ1) is 17.3. The number of nitrogens with zero attached hydrogens (tertiary/aromatic N) is 4. The van der Waals surface area contributed by atoms with Gasteiger partial charge in [-0.05, 0) is 48.3 Å². The number of rotatable bonds is 4. The van der Waals surface area contributed by atoms with Crippen LogP contribution in [0.1, 0.15) is 12.5 Å². The van der Waals surface area contributed by atoms with Gasteiger partial charge in [0.1, 0.15) is 16.2 Å². The van der Waals surface area contributed by atoms with Crippen LogP contribution < -0.4 is 11.2 Å². The van der Waals surface area contributed by atoms with Gasteiger partial charge in [0.15, 0.2) is 0 Å². The fourth-order valence-corrected chi connectivity index (χ4v) is 3.89. The summed E-state index contributed by atoms with van der Waals surface area (Å²) in [7, 11) is 0. The first-order valence-electron chi connectivity index (χ1n) is 8.39. The van der Waals surface area contributed by atoms with E-state index >= 15 is 0 Å². The molecule has 4 rings (SSSR count). The lowest BCUT2D eigenvalue weighted by Gasteiger charge is -2.12.